The molecule has 256 valence electrons. The normalized spacial score (nSPS) is 14.5. The highest BCUT2D eigenvalue weighted by Gasteiger charge is 2.37. The van der Waals surface area contributed by atoms with Gasteiger partial charge in [0.1, 0.15) is 11.4 Å². The Balaban J connectivity index is 1.37. The molecule has 9 nitrogen and oxygen atoms in total. The molecule has 6 aromatic rings. The molecule has 0 radical (unpaired) electrons. The van der Waals surface area contributed by atoms with Crippen molar-refractivity contribution < 1.29 is 19.4 Å². The van der Waals surface area contributed by atoms with Crippen LogP contribution in [0.1, 0.15) is 68.3 Å². The summed E-state index contributed by atoms with van der Waals surface area (Å²) in [6, 6.07) is 14.6. The van der Waals surface area contributed by atoms with E-state index in [1.54, 1.807) is 23.2 Å². The number of rotatable bonds is 8. The zero-order chi connectivity index (χ0) is 35.6. The second-order valence-corrected chi connectivity index (χ2v) is 13.9. The van der Waals surface area contributed by atoms with Crippen molar-refractivity contribution in [3.63, 3.8) is 0 Å². The summed E-state index contributed by atoms with van der Waals surface area (Å²) < 4.78 is 10.2. The predicted octanol–water partition coefficient (Wildman–Crippen LogP) is 9.06. The van der Waals surface area contributed by atoms with E-state index in [1.165, 1.54) is 0 Å². The molecule has 0 unspecified atom stereocenters. The maximum absolute atomic E-state index is 14.9. The monoisotopic (exact) mass is 709 g/mol. The number of carboxylic acid groups (broad SMARTS) is 1. The Kier molecular flexibility index (Phi) is 8.60. The van der Waals surface area contributed by atoms with Crippen LogP contribution in [-0.4, -0.2) is 49.5 Å². The molecule has 0 fully saturated rings. The van der Waals surface area contributed by atoms with Crippen molar-refractivity contribution in [2.45, 2.75) is 53.5 Å². The first kappa shape index (κ1) is 33.6. The van der Waals surface area contributed by atoms with Crippen molar-refractivity contribution in [3.8, 4) is 16.9 Å². The van der Waals surface area contributed by atoms with Crippen LogP contribution in [0.25, 0.3) is 32.9 Å². The van der Waals surface area contributed by atoms with Gasteiger partial charge >= 0.3 is 5.97 Å². The molecule has 0 saturated carbocycles. The smallest absolute Gasteiger partial charge is 0.337 e. The fourth-order valence-electron chi connectivity index (χ4n) is 7.45. The number of fused-ring (bicyclic) bond motifs is 4. The maximum Gasteiger partial charge on any atom is 0.337 e. The van der Waals surface area contributed by atoms with Crippen molar-refractivity contribution in [2.24, 2.45) is 7.05 Å². The Hall–Kier alpha value is -4.86. The van der Waals surface area contributed by atoms with Gasteiger partial charge in [0.2, 0.25) is 0 Å². The first-order valence-corrected chi connectivity index (χ1v) is 17.3. The molecule has 0 aliphatic carbocycles. The van der Waals surface area contributed by atoms with E-state index < -0.39 is 5.97 Å². The van der Waals surface area contributed by atoms with Gasteiger partial charge in [-0.2, -0.15) is 5.10 Å². The number of carbonyl (C=O) groups is 2. The van der Waals surface area contributed by atoms with E-state index in [0.717, 1.165) is 60.9 Å². The van der Waals surface area contributed by atoms with Crippen molar-refractivity contribution >= 4 is 62.6 Å². The van der Waals surface area contributed by atoms with Gasteiger partial charge in [0.25, 0.3) is 5.91 Å². The molecular weight excluding hydrogens is 673 g/mol. The summed E-state index contributed by atoms with van der Waals surface area (Å²) in [6.07, 6.45) is 2.77. The Morgan fingerprint density at radius 3 is 2.46 bits per heavy atom. The third-order valence-corrected chi connectivity index (χ3v) is 10.7. The molecule has 0 spiro atoms. The summed E-state index contributed by atoms with van der Waals surface area (Å²) in [6.45, 7) is 10.8. The minimum atomic E-state index is -1.10. The van der Waals surface area contributed by atoms with Gasteiger partial charge in [-0.05, 0) is 101 Å². The number of aryl methyl sites for hydroxylation is 5. The molecule has 50 heavy (non-hydrogen) atoms. The van der Waals surface area contributed by atoms with E-state index >= 15 is 0 Å². The highest BCUT2D eigenvalue weighted by Crippen LogP contribution is 2.45. The molecule has 1 aliphatic rings. The average molecular weight is 711 g/mol. The quantitative estimate of drug-likeness (QED) is 0.158. The lowest BCUT2D eigenvalue weighted by atomic mass is 9.98. The minimum absolute atomic E-state index is 0.0475. The number of pyridine rings is 1. The summed E-state index contributed by atoms with van der Waals surface area (Å²) in [5, 5.41) is 17.7. The molecule has 7 rings (SSSR count). The second-order valence-electron chi connectivity index (χ2n) is 13.1. The van der Waals surface area contributed by atoms with Gasteiger partial charge in [0.05, 0.1) is 33.9 Å². The Morgan fingerprint density at radius 2 is 1.78 bits per heavy atom. The Labute approximate surface area is 300 Å². The zero-order valence-corrected chi connectivity index (χ0v) is 30.3. The highest BCUT2D eigenvalue weighted by molar-refractivity contribution is 6.35. The van der Waals surface area contributed by atoms with Gasteiger partial charge in [0, 0.05) is 64.1 Å². The van der Waals surface area contributed by atoms with E-state index in [1.807, 2.05) is 75.8 Å². The van der Waals surface area contributed by atoms with Crippen LogP contribution in [0.5, 0.6) is 5.75 Å². The van der Waals surface area contributed by atoms with Gasteiger partial charge in [-0.3, -0.25) is 14.5 Å². The zero-order valence-electron chi connectivity index (χ0n) is 28.8. The number of carbonyl (C=O) groups excluding carboxylic acids is 1. The Bertz CT molecular complexity index is 2350. The van der Waals surface area contributed by atoms with E-state index in [2.05, 4.69) is 21.6 Å². The van der Waals surface area contributed by atoms with E-state index in [9.17, 15) is 14.7 Å². The fraction of sp³-hybridized carbons (Fsp3) is 0.282. The van der Waals surface area contributed by atoms with Crippen LogP contribution in [0.4, 0.5) is 5.69 Å². The number of halogens is 2. The number of amides is 1. The number of ether oxygens (including phenoxy) is 1. The van der Waals surface area contributed by atoms with Gasteiger partial charge in [-0.1, -0.05) is 35.3 Å². The second kappa shape index (κ2) is 12.8. The van der Waals surface area contributed by atoms with Crippen LogP contribution in [0.3, 0.4) is 0 Å². The summed E-state index contributed by atoms with van der Waals surface area (Å²) in [4.78, 5) is 33.2. The summed E-state index contributed by atoms with van der Waals surface area (Å²) in [5.41, 5.74) is 8.80. The standard InChI is InChI=1S/C39H37Cl2N5O4/c1-20-15-27(16-21(2)34(20)41)50-14-8-10-28-29-11-12-31(40)33(32-23(4)43-44(6)24(32)5)36(29)46-22(3)19-45(38(47)37(28)46)26-17-25-9-7-13-42-35(25)30(18-26)39(48)49/h7,9,11-13,15-18,22H,8,10,14,19H2,1-6H3,(H,48,49)/t22-/m1/s1. The van der Waals surface area contributed by atoms with Crippen molar-refractivity contribution in [3.05, 3.63) is 104 Å². The van der Waals surface area contributed by atoms with Crippen LogP contribution in [0.15, 0.2) is 54.7 Å². The van der Waals surface area contributed by atoms with E-state index in [4.69, 9.17) is 27.9 Å². The van der Waals surface area contributed by atoms with Crippen LogP contribution >= 0.6 is 23.2 Å². The molecule has 11 heteroatoms. The number of hydrogen-bond acceptors (Lipinski definition) is 5. The minimum Gasteiger partial charge on any atom is -0.494 e. The number of hydrogen-bond donors (Lipinski definition) is 1. The predicted molar refractivity (Wildman–Crippen MR) is 198 cm³/mol. The first-order chi connectivity index (χ1) is 23.9. The largest absolute Gasteiger partial charge is 0.494 e. The van der Waals surface area contributed by atoms with Gasteiger partial charge < -0.3 is 19.3 Å². The number of aromatic carboxylic acids is 1. The van der Waals surface area contributed by atoms with E-state index in [0.29, 0.717) is 53.3 Å². The summed E-state index contributed by atoms with van der Waals surface area (Å²) in [7, 11) is 1.91. The number of benzene rings is 3. The van der Waals surface area contributed by atoms with Crippen LogP contribution < -0.4 is 9.64 Å². The lowest BCUT2D eigenvalue weighted by molar-refractivity contribution is 0.0698. The topological polar surface area (TPSA) is 102 Å². The number of nitrogens with zero attached hydrogens (tertiary/aromatic N) is 5. The number of aromatic nitrogens is 4. The SMILES string of the molecule is Cc1cc(OCCCc2c3n(c4c(-c5c(C)nn(C)c5C)c(Cl)ccc24)[C@H](C)CN(c2cc(C(=O)O)c4ncccc4c2)C3=O)cc(C)c1Cl. The summed E-state index contributed by atoms with van der Waals surface area (Å²) >= 11 is 13.4. The lowest BCUT2D eigenvalue weighted by Gasteiger charge is -2.34. The highest BCUT2D eigenvalue weighted by atomic mass is 35.5. The third kappa shape index (κ3) is 5.49. The molecule has 3 aromatic heterocycles. The van der Waals surface area contributed by atoms with Crippen molar-refractivity contribution in [1.82, 2.24) is 19.3 Å². The van der Waals surface area contributed by atoms with Gasteiger partial charge in [0.15, 0.2) is 0 Å². The molecule has 1 N–H and O–H groups in total. The van der Waals surface area contributed by atoms with Crippen molar-refractivity contribution in [1.29, 1.82) is 0 Å². The van der Waals surface area contributed by atoms with Crippen LogP contribution in [0, 0.1) is 27.7 Å². The number of carboxylic acids is 1. The van der Waals surface area contributed by atoms with Crippen LogP contribution in [-0.2, 0) is 13.5 Å². The van der Waals surface area contributed by atoms with Gasteiger partial charge in [-0.15, -0.1) is 0 Å². The van der Waals surface area contributed by atoms with Crippen molar-refractivity contribution in [2.75, 3.05) is 18.1 Å². The molecular formula is C39H37Cl2N5O4. The van der Waals surface area contributed by atoms with E-state index in [-0.39, 0.29) is 17.5 Å². The maximum atomic E-state index is 14.9. The fourth-order valence-corrected chi connectivity index (χ4v) is 7.80. The third-order valence-electron chi connectivity index (χ3n) is 9.80. The van der Waals surface area contributed by atoms with Gasteiger partial charge in [-0.25, -0.2) is 4.79 Å². The Morgan fingerprint density at radius 1 is 1.04 bits per heavy atom. The molecule has 1 atom stereocenters. The molecule has 4 heterocycles. The molecule has 1 amide bonds. The lowest BCUT2D eigenvalue weighted by Crippen LogP contribution is -2.42. The van der Waals surface area contributed by atoms with Crippen LogP contribution in [0.2, 0.25) is 10.0 Å². The first-order valence-electron chi connectivity index (χ1n) is 16.6. The number of anilines is 1. The molecule has 3 aromatic carbocycles. The average Bonchev–Trinajstić information content (AvgIpc) is 3.55. The molecule has 0 bridgehead atoms. The summed E-state index contributed by atoms with van der Waals surface area (Å²) in [5.74, 6) is -0.559. The molecule has 1 aliphatic heterocycles. The molecule has 0 saturated heterocycles.